The van der Waals surface area contributed by atoms with Gasteiger partial charge in [0.1, 0.15) is 5.82 Å². The summed E-state index contributed by atoms with van der Waals surface area (Å²) >= 11 is 0. The molecular weight excluding hydrogens is 260 g/mol. The van der Waals surface area contributed by atoms with Crippen LogP contribution in [0.15, 0.2) is 12.1 Å². The van der Waals surface area contributed by atoms with Crippen LogP contribution in [0, 0.1) is 0 Å². The molecule has 0 aliphatic rings. The topological polar surface area (TPSA) is 31.4 Å². The van der Waals surface area contributed by atoms with Gasteiger partial charge in [-0.2, -0.15) is 0 Å². The molecule has 0 aromatic carbocycles. The van der Waals surface area contributed by atoms with Crippen LogP contribution < -0.4 is 10.2 Å². The number of hydrogen-bond acceptors (Lipinski definition) is 4. The zero-order valence-electron chi connectivity index (χ0n) is 14.4. The highest BCUT2D eigenvalue weighted by molar-refractivity contribution is 5.42. The van der Waals surface area contributed by atoms with Gasteiger partial charge in [-0.05, 0) is 64.6 Å². The van der Waals surface area contributed by atoms with Gasteiger partial charge >= 0.3 is 0 Å². The number of pyridine rings is 1. The standard InChI is InChI=1S/C17H32N4/c1-6-16-12-15(14-18-7-2)13-17(19-16)21(8-3)11-9-10-20(4)5/h12-13,18H,6-11,14H2,1-5H3. The minimum absolute atomic E-state index is 0.925. The van der Waals surface area contributed by atoms with Crippen molar-refractivity contribution in [3.05, 3.63) is 23.4 Å². The number of aryl methyl sites for hydroxylation is 1. The lowest BCUT2D eigenvalue weighted by atomic mass is 10.2. The maximum Gasteiger partial charge on any atom is 0.129 e. The summed E-state index contributed by atoms with van der Waals surface area (Å²) in [7, 11) is 4.25. The lowest BCUT2D eigenvalue weighted by Gasteiger charge is -2.24. The summed E-state index contributed by atoms with van der Waals surface area (Å²) in [6.45, 7) is 11.6. The monoisotopic (exact) mass is 292 g/mol. The van der Waals surface area contributed by atoms with Gasteiger partial charge in [-0.25, -0.2) is 4.98 Å². The quantitative estimate of drug-likeness (QED) is 0.718. The maximum atomic E-state index is 4.81. The van der Waals surface area contributed by atoms with E-state index in [0.29, 0.717) is 0 Å². The molecule has 0 saturated carbocycles. The molecule has 1 heterocycles. The van der Waals surface area contributed by atoms with Crippen LogP contribution in [0.3, 0.4) is 0 Å². The first-order valence-electron chi connectivity index (χ1n) is 8.20. The van der Waals surface area contributed by atoms with Crippen molar-refractivity contribution in [2.24, 2.45) is 0 Å². The molecule has 21 heavy (non-hydrogen) atoms. The van der Waals surface area contributed by atoms with E-state index in [4.69, 9.17) is 4.98 Å². The van der Waals surface area contributed by atoms with Crippen molar-refractivity contribution in [3.63, 3.8) is 0 Å². The minimum Gasteiger partial charge on any atom is -0.357 e. The van der Waals surface area contributed by atoms with Crippen LogP contribution in [0.2, 0.25) is 0 Å². The van der Waals surface area contributed by atoms with Crippen molar-refractivity contribution in [3.8, 4) is 0 Å². The average molecular weight is 292 g/mol. The van der Waals surface area contributed by atoms with Crippen molar-refractivity contribution < 1.29 is 0 Å². The van der Waals surface area contributed by atoms with Gasteiger partial charge in [0, 0.05) is 25.3 Å². The molecule has 0 unspecified atom stereocenters. The summed E-state index contributed by atoms with van der Waals surface area (Å²) in [6.07, 6.45) is 2.16. The lowest BCUT2D eigenvalue weighted by Crippen LogP contribution is -2.28. The van der Waals surface area contributed by atoms with E-state index in [2.05, 4.69) is 62.1 Å². The van der Waals surface area contributed by atoms with Crippen LogP contribution in [0.5, 0.6) is 0 Å². The third kappa shape index (κ3) is 6.44. The second kappa shape index (κ2) is 9.74. The van der Waals surface area contributed by atoms with E-state index in [-0.39, 0.29) is 0 Å². The highest BCUT2D eigenvalue weighted by Gasteiger charge is 2.09. The van der Waals surface area contributed by atoms with E-state index in [1.807, 2.05) is 0 Å². The Bertz CT molecular complexity index is 404. The fourth-order valence-electron chi connectivity index (χ4n) is 2.36. The molecule has 1 N–H and O–H groups in total. The molecule has 0 amide bonds. The highest BCUT2D eigenvalue weighted by atomic mass is 15.2. The Morgan fingerprint density at radius 1 is 1.10 bits per heavy atom. The molecule has 1 rings (SSSR count). The Kier molecular flexibility index (Phi) is 8.31. The molecule has 4 nitrogen and oxygen atoms in total. The molecule has 120 valence electrons. The molecule has 0 radical (unpaired) electrons. The molecule has 0 bridgehead atoms. The van der Waals surface area contributed by atoms with Gasteiger partial charge in [-0.15, -0.1) is 0 Å². The smallest absolute Gasteiger partial charge is 0.129 e. The van der Waals surface area contributed by atoms with E-state index in [1.165, 1.54) is 17.7 Å². The van der Waals surface area contributed by atoms with Gasteiger partial charge in [0.15, 0.2) is 0 Å². The van der Waals surface area contributed by atoms with E-state index >= 15 is 0 Å². The Balaban J connectivity index is 2.80. The van der Waals surface area contributed by atoms with Crippen LogP contribution in [-0.4, -0.2) is 50.2 Å². The second-order valence-electron chi connectivity index (χ2n) is 5.70. The SMILES string of the molecule is CCNCc1cc(CC)nc(N(CC)CCCN(C)C)c1. The van der Waals surface area contributed by atoms with Crippen LogP contribution in [-0.2, 0) is 13.0 Å². The zero-order chi connectivity index (χ0) is 15.7. The van der Waals surface area contributed by atoms with Gasteiger partial charge in [0.2, 0.25) is 0 Å². The molecule has 0 aliphatic heterocycles. The molecule has 0 atom stereocenters. The molecule has 1 aromatic rings. The molecule has 0 aliphatic carbocycles. The first kappa shape index (κ1) is 17.9. The molecular formula is C17H32N4. The first-order chi connectivity index (χ1) is 10.1. The normalized spacial score (nSPS) is 11.1. The summed E-state index contributed by atoms with van der Waals surface area (Å²) in [5, 5.41) is 3.41. The van der Waals surface area contributed by atoms with Gasteiger partial charge in [0.05, 0.1) is 0 Å². The number of rotatable bonds is 10. The Morgan fingerprint density at radius 3 is 2.43 bits per heavy atom. The maximum absolute atomic E-state index is 4.81. The van der Waals surface area contributed by atoms with E-state index in [1.54, 1.807) is 0 Å². The van der Waals surface area contributed by atoms with Crippen LogP contribution in [0.4, 0.5) is 5.82 Å². The number of nitrogens with zero attached hydrogens (tertiary/aromatic N) is 3. The lowest BCUT2D eigenvalue weighted by molar-refractivity contribution is 0.400. The third-order valence-corrected chi connectivity index (χ3v) is 3.61. The fourth-order valence-corrected chi connectivity index (χ4v) is 2.36. The summed E-state index contributed by atoms with van der Waals surface area (Å²) in [6, 6.07) is 4.46. The fraction of sp³-hybridized carbons (Fsp3) is 0.706. The number of aromatic nitrogens is 1. The predicted octanol–water partition coefficient (Wildman–Crippen LogP) is 2.53. The van der Waals surface area contributed by atoms with Gasteiger partial charge < -0.3 is 15.1 Å². The summed E-state index contributed by atoms with van der Waals surface area (Å²) in [4.78, 5) is 9.44. The van der Waals surface area contributed by atoms with Crippen molar-refractivity contribution in [1.82, 2.24) is 15.2 Å². The Labute approximate surface area is 130 Å². The summed E-state index contributed by atoms with van der Waals surface area (Å²) in [5.41, 5.74) is 2.52. The van der Waals surface area contributed by atoms with Gasteiger partial charge in [-0.1, -0.05) is 13.8 Å². The average Bonchev–Trinajstić information content (AvgIpc) is 2.48. The predicted molar refractivity (Wildman–Crippen MR) is 92.1 cm³/mol. The van der Waals surface area contributed by atoms with Crippen LogP contribution in [0.1, 0.15) is 38.4 Å². The number of nitrogens with one attached hydrogen (secondary N) is 1. The van der Waals surface area contributed by atoms with E-state index < -0.39 is 0 Å². The van der Waals surface area contributed by atoms with Crippen molar-refractivity contribution in [2.75, 3.05) is 45.2 Å². The first-order valence-corrected chi connectivity index (χ1v) is 8.20. The molecule has 4 heteroatoms. The molecule has 1 aromatic heterocycles. The minimum atomic E-state index is 0.925. The van der Waals surface area contributed by atoms with Crippen LogP contribution >= 0.6 is 0 Å². The van der Waals surface area contributed by atoms with E-state index in [0.717, 1.165) is 45.0 Å². The second-order valence-corrected chi connectivity index (χ2v) is 5.70. The van der Waals surface area contributed by atoms with Gasteiger partial charge in [-0.3, -0.25) is 0 Å². The largest absolute Gasteiger partial charge is 0.357 e. The van der Waals surface area contributed by atoms with Crippen molar-refractivity contribution >= 4 is 5.82 Å². The van der Waals surface area contributed by atoms with E-state index in [9.17, 15) is 0 Å². The molecule has 0 saturated heterocycles. The van der Waals surface area contributed by atoms with Gasteiger partial charge in [0.25, 0.3) is 0 Å². The number of hydrogen-bond donors (Lipinski definition) is 1. The molecule has 0 spiro atoms. The van der Waals surface area contributed by atoms with Crippen molar-refractivity contribution in [1.29, 1.82) is 0 Å². The zero-order valence-corrected chi connectivity index (χ0v) is 14.4. The summed E-state index contributed by atoms with van der Waals surface area (Å²) in [5.74, 6) is 1.13. The Morgan fingerprint density at radius 2 is 1.86 bits per heavy atom. The highest BCUT2D eigenvalue weighted by Crippen LogP contribution is 2.16. The number of anilines is 1. The molecule has 0 fully saturated rings. The summed E-state index contributed by atoms with van der Waals surface area (Å²) < 4.78 is 0. The van der Waals surface area contributed by atoms with Crippen molar-refractivity contribution in [2.45, 2.75) is 40.2 Å². The van der Waals surface area contributed by atoms with Crippen LogP contribution in [0.25, 0.3) is 0 Å². The Hall–Kier alpha value is -1.13. The third-order valence-electron chi connectivity index (χ3n) is 3.61.